The Morgan fingerprint density at radius 3 is 2.78 bits per heavy atom. The van der Waals surface area contributed by atoms with E-state index in [2.05, 4.69) is 5.32 Å². The van der Waals surface area contributed by atoms with Gasteiger partial charge >= 0.3 is 5.97 Å². The van der Waals surface area contributed by atoms with Crippen molar-refractivity contribution in [3.05, 3.63) is 29.3 Å². The molecule has 1 N–H and O–H groups in total. The van der Waals surface area contributed by atoms with Crippen LogP contribution in [0.25, 0.3) is 0 Å². The first-order valence-corrected chi connectivity index (χ1v) is 7.40. The second-order valence-electron chi connectivity index (χ2n) is 4.50. The van der Waals surface area contributed by atoms with Gasteiger partial charge in [-0.2, -0.15) is 11.8 Å². The zero-order valence-corrected chi connectivity index (χ0v) is 11.7. The molecule has 18 heavy (non-hydrogen) atoms. The fourth-order valence-corrected chi connectivity index (χ4v) is 3.29. The molecule has 0 unspecified atom stereocenters. The molecule has 0 bridgehead atoms. The number of benzene rings is 1. The zero-order valence-electron chi connectivity index (χ0n) is 10.9. The van der Waals surface area contributed by atoms with Crippen molar-refractivity contribution in [3.8, 4) is 0 Å². The second-order valence-corrected chi connectivity index (χ2v) is 5.73. The van der Waals surface area contributed by atoms with E-state index in [1.165, 1.54) is 31.5 Å². The number of methoxy groups -OCH3 is 1. The standard InChI is InChI=1S/C14H19NO2S/c1-10-12(14(16)17-2)4-3-5-13(10)15-11-6-8-18-9-7-11/h3-5,11,15H,6-9H2,1-2H3. The SMILES string of the molecule is COC(=O)c1cccc(NC2CCSCC2)c1C. The lowest BCUT2D eigenvalue weighted by Gasteiger charge is -2.25. The number of carbonyl (C=O) groups excluding carboxylic acids is 1. The molecule has 1 saturated heterocycles. The van der Waals surface area contributed by atoms with Crippen LogP contribution in [0, 0.1) is 6.92 Å². The smallest absolute Gasteiger partial charge is 0.338 e. The minimum atomic E-state index is -0.268. The van der Waals surface area contributed by atoms with Crippen molar-refractivity contribution in [2.24, 2.45) is 0 Å². The van der Waals surface area contributed by atoms with Crippen LogP contribution >= 0.6 is 11.8 Å². The van der Waals surface area contributed by atoms with Crippen molar-refractivity contribution >= 4 is 23.4 Å². The summed E-state index contributed by atoms with van der Waals surface area (Å²) >= 11 is 2.01. The third-order valence-electron chi connectivity index (χ3n) is 3.32. The largest absolute Gasteiger partial charge is 0.465 e. The molecule has 1 aliphatic rings. The molecule has 1 aromatic rings. The molecular formula is C14H19NO2S. The average molecular weight is 265 g/mol. The Labute approximate surface area is 112 Å². The van der Waals surface area contributed by atoms with Gasteiger partial charge in [0.1, 0.15) is 0 Å². The monoisotopic (exact) mass is 265 g/mol. The lowest BCUT2D eigenvalue weighted by molar-refractivity contribution is 0.0600. The van der Waals surface area contributed by atoms with Gasteiger partial charge in [-0.1, -0.05) is 6.07 Å². The quantitative estimate of drug-likeness (QED) is 0.852. The van der Waals surface area contributed by atoms with Gasteiger partial charge in [0.25, 0.3) is 0 Å². The first-order valence-electron chi connectivity index (χ1n) is 6.24. The molecule has 2 rings (SSSR count). The van der Waals surface area contributed by atoms with Gasteiger partial charge in [-0.3, -0.25) is 0 Å². The topological polar surface area (TPSA) is 38.3 Å². The van der Waals surface area contributed by atoms with E-state index in [0.29, 0.717) is 11.6 Å². The molecule has 1 heterocycles. The minimum absolute atomic E-state index is 0.268. The van der Waals surface area contributed by atoms with E-state index in [-0.39, 0.29) is 5.97 Å². The van der Waals surface area contributed by atoms with Gasteiger partial charge in [-0.25, -0.2) is 4.79 Å². The fourth-order valence-electron chi connectivity index (χ4n) is 2.18. The summed E-state index contributed by atoms with van der Waals surface area (Å²) in [6, 6.07) is 6.27. The van der Waals surface area contributed by atoms with Crippen LogP contribution in [-0.4, -0.2) is 30.6 Å². The van der Waals surface area contributed by atoms with Crippen LogP contribution in [0.1, 0.15) is 28.8 Å². The molecule has 98 valence electrons. The van der Waals surface area contributed by atoms with Gasteiger partial charge in [-0.05, 0) is 49.0 Å². The number of rotatable bonds is 3. The van der Waals surface area contributed by atoms with Gasteiger partial charge in [0, 0.05) is 11.7 Å². The van der Waals surface area contributed by atoms with E-state index >= 15 is 0 Å². The van der Waals surface area contributed by atoms with Gasteiger partial charge < -0.3 is 10.1 Å². The average Bonchev–Trinajstić information content (AvgIpc) is 2.41. The molecule has 1 aromatic carbocycles. The summed E-state index contributed by atoms with van der Waals surface area (Å²) in [7, 11) is 1.42. The Kier molecular flexibility index (Phi) is 4.53. The van der Waals surface area contributed by atoms with Crippen molar-refractivity contribution in [1.82, 2.24) is 0 Å². The lowest BCUT2D eigenvalue weighted by atomic mass is 10.0. The van der Waals surface area contributed by atoms with Crippen molar-refractivity contribution in [2.75, 3.05) is 23.9 Å². The predicted octanol–water partition coefficient (Wildman–Crippen LogP) is 3.09. The zero-order chi connectivity index (χ0) is 13.0. The number of hydrogen-bond donors (Lipinski definition) is 1. The summed E-state index contributed by atoms with van der Waals surface area (Å²) < 4.78 is 4.79. The first-order chi connectivity index (χ1) is 8.72. The van der Waals surface area contributed by atoms with Crippen molar-refractivity contribution in [1.29, 1.82) is 0 Å². The summed E-state index contributed by atoms with van der Waals surface area (Å²) in [6.07, 6.45) is 2.37. The third kappa shape index (κ3) is 2.99. The number of esters is 1. The molecular weight excluding hydrogens is 246 g/mol. The van der Waals surface area contributed by atoms with Gasteiger partial charge in [0.05, 0.1) is 12.7 Å². The van der Waals surface area contributed by atoms with Crippen molar-refractivity contribution in [2.45, 2.75) is 25.8 Å². The van der Waals surface area contributed by atoms with Crippen molar-refractivity contribution < 1.29 is 9.53 Å². The molecule has 0 saturated carbocycles. The summed E-state index contributed by atoms with van der Waals surface area (Å²) in [4.78, 5) is 11.6. The Bertz CT molecular complexity index is 428. The molecule has 1 fully saturated rings. The van der Waals surface area contributed by atoms with E-state index in [4.69, 9.17) is 4.74 Å². The number of thioether (sulfide) groups is 1. The van der Waals surface area contributed by atoms with Gasteiger partial charge in [0.2, 0.25) is 0 Å². The predicted molar refractivity (Wildman–Crippen MR) is 76.5 cm³/mol. The highest BCUT2D eigenvalue weighted by molar-refractivity contribution is 7.99. The summed E-state index contributed by atoms with van der Waals surface area (Å²) in [5.41, 5.74) is 2.67. The number of carbonyl (C=O) groups is 1. The number of nitrogens with one attached hydrogen (secondary N) is 1. The molecule has 0 amide bonds. The van der Waals surface area contributed by atoms with Crippen molar-refractivity contribution in [3.63, 3.8) is 0 Å². The molecule has 0 aromatic heterocycles. The number of ether oxygens (including phenoxy) is 1. The van der Waals surface area contributed by atoms with Crippen LogP contribution in [0.2, 0.25) is 0 Å². The Morgan fingerprint density at radius 1 is 1.39 bits per heavy atom. The summed E-state index contributed by atoms with van der Waals surface area (Å²) in [6.45, 7) is 1.96. The highest BCUT2D eigenvalue weighted by Crippen LogP contribution is 2.25. The summed E-state index contributed by atoms with van der Waals surface area (Å²) in [5, 5.41) is 3.55. The molecule has 0 radical (unpaired) electrons. The normalized spacial score (nSPS) is 16.3. The highest BCUT2D eigenvalue weighted by Gasteiger charge is 2.16. The molecule has 0 atom stereocenters. The van der Waals surface area contributed by atoms with Gasteiger partial charge in [0.15, 0.2) is 0 Å². The maximum atomic E-state index is 11.6. The Hall–Kier alpha value is -1.16. The highest BCUT2D eigenvalue weighted by atomic mass is 32.2. The fraction of sp³-hybridized carbons (Fsp3) is 0.500. The Balaban J connectivity index is 2.15. The van der Waals surface area contributed by atoms with E-state index in [1.54, 1.807) is 0 Å². The van der Waals surface area contributed by atoms with Crippen LogP contribution in [0.4, 0.5) is 5.69 Å². The maximum Gasteiger partial charge on any atom is 0.338 e. The second kappa shape index (κ2) is 6.14. The Morgan fingerprint density at radius 2 is 2.11 bits per heavy atom. The minimum Gasteiger partial charge on any atom is -0.465 e. The maximum absolute atomic E-state index is 11.6. The van der Waals surface area contributed by atoms with E-state index in [0.717, 1.165) is 11.3 Å². The lowest BCUT2D eigenvalue weighted by Crippen LogP contribution is -2.25. The molecule has 0 aliphatic carbocycles. The van der Waals surface area contributed by atoms with Crippen LogP contribution in [-0.2, 0) is 4.74 Å². The molecule has 1 aliphatic heterocycles. The molecule has 4 heteroatoms. The van der Waals surface area contributed by atoms with E-state index in [1.807, 2.05) is 36.9 Å². The summed E-state index contributed by atoms with van der Waals surface area (Å²) in [5.74, 6) is 2.16. The van der Waals surface area contributed by atoms with Crippen LogP contribution in [0.3, 0.4) is 0 Å². The van der Waals surface area contributed by atoms with Crippen LogP contribution in [0.15, 0.2) is 18.2 Å². The molecule has 0 spiro atoms. The van der Waals surface area contributed by atoms with Crippen LogP contribution in [0.5, 0.6) is 0 Å². The number of hydrogen-bond acceptors (Lipinski definition) is 4. The molecule has 3 nitrogen and oxygen atoms in total. The number of anilines is 1. The van der Waals surface area contributed by atoms with E-state index in [9.17, 15) is 4.79 Å². The first kappa shape index (κ1) is 13.3. The van der Waals surface area contributed by atoms with Gasteiger partial charge in [-0.15, -0.1) is 0 Å². The van der Waals surface area contributed by atoms with Crippen LogP contribution < -0.4 is 5.32 Å². The third-order valence-corrected chi connectivity index (χ3v) is 4.37. The van der Waals surface area contributed by atoms with E-state index < -0.39 is 0 Å².